The van der Waals surface area contributed by atoms with E-state index in [0.29, 0.717) is 5.56 Å². The number of piperidine rings is 1. The lowest BCUT2D eigenvalue weighted by molar-refractivity contribution is -0.122. The lowest BCUT2D eigenvalue weighted by Crippen LogP contribution is -2.38. The minimum absolute atomic E-state index is 0.0131. The van der Waals surface area contributed by atoms with Crippen molar-refractivity contribution in [1.82, 2.24) is 0 Å². The second kappa shape index (κ2) is 5.94. The van der Waals surface area contributed by atoms with Crippen molar-refractivity contribution in [1.29, 1.82) is 0 Å². The van der Waals surface area contributed by atoms with Crippen molar-refractivity contribution < 1.29 is 14.3 Å². The van der Waals surface area contributed by atoms with Gasteiger partial charge in [-0.05, 0) is 43.5 Å². The molecule has 2 rings (SSSR count). The Labute approximate surface area is 118 Å². The number of nitrogens with zero attached hydrogens (tertiary/aromatic N) is 1. The minimum atomic E-state index is -0.327. The van der Waals surface area contributed by atoms with Gasteiger partial charge in [0.1, 0.15) is 0 Å². The van der Waals surface area contributed by atoms with Crippen LogP contribution in [0.4, 0.5) is 5.69 Å². The molecule has 1 aliphatic heterocycles. The van der Waals surface area contributed by atoms with E-state index in [9.17, 15) is 9.59 Å². The number of methoxy groups -OCH3 is 1. The number of esters is 1. The van der Waals surface area contributed by atoms with Gasteiger partial charge in [-0.3, -0.25) is 4.79 Å². The lowest BCUT2D eigenvalue weighted by atomic mass is 9.95. The molecule has 0 atom stereocenters. The molecule has 1 heterocycles. The van der Waals surface area contributed by atoms with Crippen LogP contribution in [0, 0.1) is 12.8 Å². The summed E-state index contributed by atoms with van der Waals surface area (Å²) in [4.78, 5) is 24.9. The fourth-order valence-corrected chi connectivity index (χ4v) is 2.66. The Bertz CT molecular complexity index is 520. The van der Waals surface area contributed by atoms with Gasteiger partial charge in [-0.15, -0.1) is 0 Å². The SMILES string of the molecule is COC(=O)c1ccc(N2CCC(C(N)=O)CC2)c(C)c1. The molecule has 0 spiro atoms. The summed E-state index contributed by atoms with van der Waals surface area (Å²) in [5, 5.41) is 0. The molecule has 2 N–H and O–H groups in total. The van der Waals surface area contributed by atoms with Crippen LogP contribution in [0.5, 0.6) is 0 Å². The maximum Gasteiger partial charge on any atom is 0.337 e. The van der Waals surface area contributed by atoms with Crippen LogP contribution in [-0.2, 0) is 9.53 Å². The lowest BCUT2D eigenvalue weighted by Gasteiger charge is -2.33. The number of benzene rings is 1. The fourth-order valence-electron chi connectivity index (χ4n) is 2.66. The number of aryl methyl sites for hydroxylation is 1. The molecular formula is C15H20N2O3. The highest BCUT2D eigenvalue weighted by molar-refractivity contribution is 5.90. The summed E-state index contributed by atoms with van der Waals surface area (Å²) in [7, 11) is 1.38. The summed E-state index contributed by atoms with van der Waals surface area (Å²) in [5.41, 5.74) is 8.03. The molecule has 0 radical (unpaired) electrons. The maximum absolute atomic E-state index is 11.5. The third kappa shape index (κ3) is 2.92. The summed E-state index contributed by atoms with van der Waals surface area (Å²) >= 11 is 0. The number of carbonyl (C=O) groups is 2. The first kappa shape index (κ1) is 14.4. The van der Waals surface area contributed by atoms with Gasteiger partial charge < -0.3 is 15.4 Å². The summed E-state index contributed by atoms with van der Waals surface area (Å²) in [6.07, 6.45) is 1.57. The molecule has 1 fully saturated rings. The largest absolute Gasteiger partial charge is 0.465 e. The predicted octanol–water partition coefficient (Wildman–Crippen LogP) is 1.48. The third-order valence-corrected chi connectivity index (χ3v) is 3.86. The maximum atomic E-state index is 11.5. The number of primary amides is 1. The fraction of sp³-hybridized carbons (Fsp3) is 0.467. The summed E-state index contributed by atoms with van der Waals surface area (Å²) in [6.45, 7) is 3.60. The molecule has 0 saturated carbocycles. The second-order valence-electron chi connectivity index (χ2n) is 5.16. The smallest absolute Gasteiger partial charge is 0.337 e. The van der Waals surface area contributed by atoms with Crippen LogP contribution in [0.1, 0.15) is 28.8 Å². The van der Waals surface area contributed by atoms with E-state index in [1.807, 2.05) is 19.1 Å². The van der Waals surface area contributed by atoms with E-state index < -0.39 is 0 Å². The van der Waals surface area contributed by atoms with Crippen LogP contribution in [0.2, 0.25) is 0 Å². The van der Waals surface area contributed by atoms with E-state index in [1.54, 1.807) is 6.07 Å². The number of ether oxygens (including phenoxy) is 1. The Balaban J connectivity index is 2.11. The van der Waals surface area contributed by atoms with Gasteiger partial charge in [0.05, 0.1) is 12.7 Å². The molecule has 1 aliphatic rings. The van der Waals surface area contributed by atoms with Gasteiger partial charge in [-0.25, -0.2) is 4.79 Å². The summed E-state index contributed by atoms with van der Waals surface area (Å²) in [6, 6.07) is 5.54. The van der Waals surface area contributed by atoms with Gasteiger partial charge in [0, 0.05) is 24.7 Å². The van der Waals surface area contributed by atoms with Gasteiger partial charge in [0.15, 0.2) is 0 Å². The molecule has 1 aromatic rings. The Kier molecular flexibility index (Phi) is 4.27. The number of hydrogen-bond donors (Lipinski definition) is 1. The zero-order chi connectivity index (χ0) is 14.7. The second-order valence-corrected chi connectivity index (χ2v) is 5.16. The molecule has 1 saturated heterocycles. The van der Waals surface area contributed by atoms with Crippen molar-refractivity contribution in [2.24, 2.45) is 11.7 Å². The van der Waals surface area contributed by atoms with E-state index in [-0.39, 0.29) is 17.8 Å². The van der Waals surface area contributed by atoms with E-state index in [0.717, 1.165) is 37.2 Å². The molecule has 108 valence electrons. The number of carbonyl (C=O) groups excluding carboxylic acids is 2. The van der Waals surface area contributed by atoms with Gasteiger partial charge in [-0.1, -0.05) is 0 Å². The quantitative estimate of drug-likeness (QED) is 0.849. The van der Waals surface area contributed by atoms with Gasteiger partial charge >= 0.3 is 5.97 Å². The van der Waals surface area contributed by atoms with Crippen molar-refractivity contribution in [2.75, 3.05) is 25.1 Å². The highest BCUT2D eigenvalue weighted by Gasteiger charge is 2.24. The summed E-state index contributed by atoms with van der Waals surface area (Å²) in [5.74, 6) is -0.546. The van der Waals surface area contributed by atoms with Crippen LogP contribution < -0.4 is 10.6 Å². The van der Waals surface area contributed by atoms with Crippen molar-refractivity contribution in [2.45, 2.75) is 19.8 Å². The van der Waals surface area contributed by atoms with E-state index in [1.165, 1.54) is 7.11 Å². The molecule has 5 heteroatoms. The Morgan fingerprint density at radius 2 is 1.95 bits per heavy atom. The van der Waals surface area contributed by atoms with Crippen LogP contribution in [0.3, 0.4) is 0 Å². The van der Waals surface area contributed by atoms with E-state index >= 15 is 0 Å². The van der Waals surface area contributed by atoms with E-state index in [4.69, 9.17) is 10.5 Å². The number of hydrogen-bond acceptors (Lipinski definition) is 4. The Morgan fingerprint density at radius 3 is 2.45 bits per heavy atom. The number of anilines is 1. The first-order chi connectivity index (χ1) is 9.52. The van der Waals surface area contributed by atoms with Crippen molar-refractivity contribution >= 4 is 17.6 Å². The standard InChI is InChI=1S/C15H20N2O3/c1-10-9-12(15(19)20-2)3-4-13(10)17-7-5-11(6-8-17)14(16)18/h3-4,9,11H,5-8H2,1-2H3,(H2,16,18). The molecule has 1 amide bonds. The zero-order valence-corrected chi connectivity index (χ0v) is 11.9. The van der Waals surface area contributed by atoms with Crippen LogP contribution in [0.15, 0.2) is 18.2 Å². The normalized spacial score (nSPS) is 16.0. The van der Waals surface area contributed by atoms with Crippen LogP contribution in [0.25, 0.3) is 0 Å². The minimum Gasteiger partial charge on any atom is -0.465 e. The van der Waals surface area contributed by atoms with Gasteiger partial charge in [-0.2, -0.15) is 0 Å². The number of rotatable bonds is 3. The number of nitrogens with two attached hydrogens (primary N) is 1. The highest BCUT2D eigenvalue weighted by atomic mass is 16.5. The third-order valence-electron chi connectivity index (χ3n) is 3.86. The Morgan fingerprint density at radius 1 is 1.30 bits per heavy atom. The first-order valence-corrected chi connectivity index (χ1v) is 6.76. The van der Waals surface area contributed by atoms with Crippen molar-refractivity contribution in [3.05, 3.63) is 29.3 Å². The molecule has 5 nitrogen and oxygen atoms in total. The van der Waals surface area contributed by atoms with Crippen molar-refractivity contribution in [3.63, 3.8) is 0 Å². The molecular weight excluding hydrogens is 256 g/mol. The zero-order valence-electron chi connectivity index (χ0n) is 11.9. The number of amides is 1. The monoisotopic (exact) mass is 276 g/mol. The molecule has 1 aromatic carbocycles. The molecule has 0 aromatic heterocycles. The highest BCUT2D eigenvalue weighted by Crippen LogP contribution is 2.26. The molecule has 0 unspecified atom stereocenters. The van der Waals surface area contributed by atoms with E-state index in [2.05, 4.69) is 4.90 Å². The van der Waals surface area contributed by atoms with Crippen molar-refractivity contribution in [3.8, 4) is 0 Å². The molecule has 0 bridgehead atoms. The van der Waals surface area contributed by atoms with Gasteiger partial charge in [0.2, 0.25) is 5.91 Å². The topological polar surface area (TPSA) is 72.6 Å². The molecule has 0 aliphatic carbocycles. The van der Waals surface area contributed by atoms with Crippen LogP contribution >= 0.6 is 0 Å². The van der Waals surface area contributed by atoms with Gasteiger partial charge in [0.25, 0.3) is 0 Å². The molecule has 20 heavy (non-hydrogen) atoms. The van der Waals surface area contributed by atoms with Crippen LogP contribution in [-0.4, -0.2) is 32.1 Å². The average Bonchev–Trinajstić information content (AvgIpc) is 2.46. The Hall–Kier alpha value is -2.04. The average molecular weight is 276 g/mol. The summed E-state index contributed by atoms with van der Waals surface area (Å²) < 4.78 is 4.71. The first-order valence-electron chi connectivity index (χ1n) is 6.76. The predicted molar refractivity (Wildman–Crippen MR) is 76.6 cm³/mol.